The lowest BCUT2D eigenvalue weighted by molar-refractivity contribution is 0.476. The summed E-state index contributed by atoms with van der Waals surface area (Å²) >= 11 is 0. The van der Waals surface area contributed by atoms with Crippen molar-refractivity contribution in [1.82, 2.24) is 9.97 Å². The van der Waals surface area contributed by atoms with E-state index in [0.717, 1.165) is 12.2 Å². The fourth-order valence-electron chi connectivity index (χ4n) is 2.21. The minimum Gasteiger partial charge on any atom is -0.382 e. The van der Waals surface area contributed by atoms with E-state index in [1.807, 2.05) is 6.92 Å². The molecule has 5 nitrogen and oxygen atoms in total. The predicted molar refractivity (Wildman–Crippen MR) is 68.4 cm³/mol. The lowest BCUT2D eigenvalue weighted by Gasteiger charge is -2.33. The van der Waals surface area contributed by atoms with Crippen molar-refractivity contribution in [2.45, 2.75) is 39.2 Å². The van der Waals surface area contributed by atoms with Crippen molar-refractivity contribution in [3.63, 3.8) is 0 Å². The molecule has 0 amide bonds. The number of rotatable bonds is 2. The summed E-state index contributed by atoms with van der Waals surface area (Å²) in [6.45, 7) is 5.09. The largest absolute Gasteiger partial charge is 0.382 e. The summed E-state index contributed by atoms with van der Waals surface area (Å²) in [7, 11) is 0. The Morgan fingerprint density at radius 1 is 1.47 bits per heavy atom. The van der Waals surface area contributed by atoms with Crippen LogP contribution in [0.5, 0.6) is 0 Å². The maximum atomic E-state index is 7.46. The van der Waals surface area contributed by atoms with Gasteiger partial charge in [-0.3, -0.25) is 5.41 Å². The Kier molecular flexibility index (Phi) is 3.26. The zero-order valence-electron chi connectivity index (χ0n) is 10.4. The van der Waals surface area contributed by atoms with Gasteiger partial charge >= 0.3 is 0 Å². The zero-order valence-corrected chi connectivity index (χ0v) is 10.4. The van der Waals surface area contributed by atoms with Gasteiger partial charge in [0.25, 0.3) is 0 Å². The molecule has 0 saturated carbocycles. The van der Waals surface area contributed by atoms with Crippen molar-refractivity contribution in [1.29, 1.82) is 5.41 Å². The van der Waals surface area contributed by atoms with Crippen LogP contribution in [-0.2, 0) is 0 Å². The summed E-state index contributed by atoms with van der Waals surface area (Å²) in [6.07, 6.45) is 3.62. The smallest absolute Gasteiger partial charge is 0.226 e. The molecule has 92 valence electrons. The second-order valence-corrected chi connectivity index (χ2v) is 4.65. The summed E-state index contributed by atoms with van der Waals surface area (Å²) < 4.78 is 0. The van der Waals surface area contributed by atoms with Crippen LogP contribution in [0.15, 0.2) is 6.07 Å². The fraction of sp³-hybridized carbons (Fsp3) is 0.583. The number of hydrogen-bond donors (Lipinski definition) is 2. The average molecular weight is 233 g/mol. The third-order valence-corrected chi connectivity index (χ3v) is 3.18. The maximum Gasteiger partial charge on any atom is 0.226 e. The summed E-state index contributed by atoms with van der Waals surface area (Å²) in [5.74, 6) is 0.712. The monoisotopic (exact) mass is 233 g/mol. The maximum absolute atomic E-state index is 7.46. The molecule has 1 saturated heterocycles. The molecular formula is C12H19N5. The Labute approximate surface area is 102 Å². The SMILES string of the molecule is Cc1cc(C(=N)N)nc(N2CCCCC2C)n1. The second-order valence-electron chi connectivity index (χ2n) is 4.65. The van der Waals surface area contributed by atoms with E-state index in [-0.39, 0.29) is 5.84 Å². The first kappa shape index (κ1) is 11.8. The predicted octanol–water partition coefficient (Wildman–Crippen LogP) is 1.45. The number of nitrogen functional groups attached to an aromatic ring is 1. The highest BCUT2D eigenvalue weighted by atomic mass is 15.3. The number of nitrogens with zero attached hydrogens (tertiary/aromatic N) is 3. The zero-order chi connectivity index (χ0) is 12.4. The molecule has 1 aliphatic rings. The van der Waals surface area contributed by atoms with Gasteiger partial charge in [0.1, 0.15) is 11.5 Å². The van der Waals surface area contributed by atoms with E-state index < -0.39 is 0 Å². The van der Waals surface area contributed by atoms with Crippen molar-refractivity contribution in [2.24, 2.45) is 5.73 Å². The number of aryl methyl sites for hydroxylation is 1. The molecule has 1 unspecified atom stereocenters. The first-order chi connectivity index (χ1) is 8.08. The van der Waals surface area contributed by atoms with Crippen LogP contribution in [0, 0.1) is 12.3 Å². The molecule has 0 aliphatic carbocycles. The lowest BCUT2D eigenvalue weighted by atomic mass is 10.0. The third kappa shape index (κ3) is 2.54. The molecule has 0 bridgehead atoms. The molecule has 17 heavy (non-hydrogen) atoms. The summed E-state index contributed by atoms with van der Waals surface area (Å²) in [5.41, 5.74) is 6.87. The van der Waals surface area contributed by atoms with Crippen LogP contribution < -0.4 is 10.6 Å². The standard InChI is InChI=1S/C12H19N5/c1-8-7-10(11(13)14)16-12(15-8)17-6-4-3-5-9(17)2/h7,9H,3-6H2,1-2H3,(H3,13,14). The topological polar surface area (TPSA) is 78.9 Å². The van der Waals surface area contributed by atoms with Crippen LogP contribution in [0.2, 0.25) is 0 Å². The number of anilines is 1. The summed E-state index contributed by atoms with van der Waals surface area (Å²) in [4.78, 5) is 11.0. The quantitative estimate of drug-likeness (QED) is 0.598. The van der Waals surface area contributed by atoms with Crippen molar-refractivity contribution >= 4 is 11.8 Å². The van der Waals surface area contributed by atoms with Crippen LogP contribution in [-0.4, -0.2) is 28.4 Å². The Balaban J connectivity index is 2.33. The van der Waals surface area contributed by atoms with Gasteiger partial charge in [-0.05, 0) is 39.2 Å². The number of amidine groups is 1. The Hall–Kier alpha value is -1.65. The number of nitrogens with one attached hydrogen (secondary N) is 1. The fourth-order valence-corrected chi connectivity index (χ4v) is 2.21. The van der Waals surface area contributed by atoms with Crippen LogP contribution in [0.3, 0.4) is 0 Å². The van der Waals surface area contributed by atoms with Crippen LogP contribution >= 0.6 is 0 Å². The molecule has 0 aromatic carbocycles. The molecule has 3 N–H and O–H groups in total. The molecule has 2 heterocycles. The Morgan fingerprint density at radius 2 is 2.24 bits per heavy atom. The van der Waals surface area contributed by atoms with Gasteiger partial charge in [0, 0.05) is 18.3 Å². The van der Waals surface area contributed by atoms with Gasteiger partial charge in [-0.25, -0.2) is 9.97 Å². The first-order valence-electron chi connectivity index (χ1n) is 6.04. The van der Waals surface area contributed by atoms with Gasteiger partial charge in [-0.2, -0.15) is 0 Å². The summed E-state index contributed by atoms with van der Waals surface area (Å²) in [5, 5.41) is 7.46. The highest BCUT2D eigenvalue weighted by Gasteiger charge is 2.21. The van der Waals surface area contributed by atoms with Crippen molar-refractivity contribution in [2.75, 3.05) is 11.4 Å². The second kappa shape index (κ2) is 4.69. The Morgan fingerprint density at radius 3 is 2.88 bits per heavy atom. The van der Waals surface area contributed by atoms with Crippen molar-refractivity contribution in [3.8, 4) is 0 Å². The molecule has 1 aliphatic heterocycles. The molecule has 0 spiro atoms. The van der Waals surface area contributed by atoms with Gasteiger partial charge < -0.3 is 10.6 Å². The van der Waals surface area contributed by atoms with Gasteiger partial charge in [-0.1, -0.05) is 0 Å². The molecule has 2 rings (SSSR count). The minimum absolute atomic E-state index is 0.00131. The molecule has 1 aromatic heterocycles. The normalized spacial score (nSPS) is 20.4. The van der Waals surface area contributed by atoms with E-state index in [1.165, 1.54) is 19.3 Å². The van der Waals surface area contributed by atoms with Gasteiger partial charge in [0.15, 0.2) is 0 Å². The molecule has 5 heteroatoms. The van der Waals surface area contributed by atoms with Crippen LogP contribution in [0.4, 0.5) is 5.95 Å². The molecule has 1 atom stereocenters. The lowest BCUT2D eigenvalue weighted by Crippen LogP contribution is -2.39. The van der Waals surface area contributed by atoms with Gasteiger partial charge in [-0.15, -0.1) is 0 Å². The third-order valence-electron chi connectivity index (χ3n) is 3.18. The van der Waals surface area contributed by atoms with E-state index in [2.05, 4.69) is 21.8 Å². The van der Waals surface area contributed by atoms with Crippen LogP contribution in [0.25, 0.3) is 0 Å². The molecule has 1 aromatic rings. The first-order valence-corrected chi connectivity index (χ1v) is 6.04. The number of hydrogen-bond acceptors (Lipinski definition) is 4. The van der Waals surface area contributed by atoms with Gasteiger partial charge in [0.2, 0.25) is 5.95 Å². The van der Waals surface area contributed by atoms with E-state index in [9.17, 15) is 0 Å². The highest BCUT2D eigenvalue weighted by molar-refractivity contribution is 5.93. The van der Waals surface area contributed by atoms with Gasteiger partial charge in [0.05, 0.1) is 0 Å². The molecule has 0 radical (unpaired) electrons. The number of aromatic nitrogens is 2. The molecule has 1 fully saturated rings. The Bertz CT molecular complexity index is 429. The molecular weight excluding hydrogens is 214 g/mol. The van der Waals surface area contributed by atoms with E-state index >= 15 is 0 Å². The average Bonchev–Trinajstić information content (AvgIpc) is 2.28. The minimum atomic E-state index is 0.00131. The number of nitrogens with two attached hydrogens (primary N) is 1. The number of piperidine rings is 1. The highest BCUT2D eigenvalue weighted by Crippen LogP contribution is 2.21. The van der Waals surface area contributed by atoms with Crippen molar-refractivity contribution in [3.05, 3.63) is 17.5 Å². The van der Waals surface area contributed by atoms with Crippen LogP contribution in [0.1, 0.15) is 37.6 Å². The summed E-state index contributed by atoms with van der Waals surface area (Å²) in [6, 6.07) is 2.21. The van der Waals surface area contributed by atoms with E-state index in [4.69, 9.17) is 11.1 Å². The van der Waals surface area contributed by atoms with Crippen molar-refractivity contribution < 1.29 is 0 Å². The van der Waals surface area contributed by atoms with E-state index in [0.29, 0.717) is 17.7 Å². The van der Waals surface area contributed by atoms with E-state index in [1.54, 1.807) is 6.07 Å².